The van der Waals surface area contributed by atoms with Crippen molar-refractivity contribution < 1.29 is 0 Å². The van der Waals surface area contributed by atoms with Crippen LogP contribution in [0.15, 0.2) is 43.0 Å². The average Bonchev–Trinajstić information content (AvgIpc) is 2.44. The molecular weight excluding hydrogens is 232 g/mol. The third kappa shape index (κ3) is 3.57. The van der Waals surface area contributed by atoms with Gasteiger partial charge in [-0.1, -0.05) is 44.0 Å². The van der Waals surface area contributed by atoms with Crippen LogP contribution in [0.5, 0.6) is 0 Å². The number of benzene rings is 1. The standard InChI is InChI=1S/C17H22N2/c1-3-5-8-12-18-17-15(9-4-2)13-14-10-6-7-11-16(14)19-17/h4,6-7,10-11,13H,2-3,5,8-9,12H2,1H3,(H,18,19). The van der Waals surface area contributed by atoms with Crippen molar-refractivity contribution in [2.24, 2.45) is 0 Å². The van der Waals surface area contributed by atoms with E-state index < -0.39 is 0 Å². The molecule has 0 atom stereocenters. The van der Waals surface area contributed by atoms with Gasteiger partial charge in [0.25, 0.3) is 0 Å². The lowest BCUT2D eigenvalue weighted by molar-refractivity contribution is 0.742. The Bertz CT molecular complexity index is 546. The average molecular weight is 254 g/mol. The molecule has 0 saturated carbocycles. The van der Waals surface area contributed by atoms with Crippen LogP contribution in [-0.4, -0.2) is 11.5 Å². The summed E-state index contributed by atoms with van der Waals surface area (Å²) in [6.07, 6.45) is 6.49. The fraction of sp³-hybridized carbons (Fsp3) is 0.353. The minimum atomic E-state index is 0.855. The van der Waals surface area contributed by atoms with Crippen LogP contribution >= 0.6 is 0 Å². The first-order chi connectivity index (χ1) is 9.35. The number of unbranched alkanes of at least 4 members (excludes halogenated alkanes) is 2. The first-order valence-electron chi connectivity index (χ1n) is 7.08. The molecule has 0 saturated heterocycles. The number of hydrogen-bond acceptors (Lipinski definition) is 2. The largest absolute Gasteiger partial charge is 0.370 e. The Morgan fingerprint density at radius 3 is 2.89 bits per heavy atom. The van der Waals surface area contributed by atoms with Gasteiger partial charge in [-0.05, 0) is 30.5 Å². The fourth-order valence-electron chi connectivity index (χ4n) is 2.21. The van der Waals surface area contributed by atoms with Crippen LogP contribution in [0.4, 0.5) is 5.82 Å². The highest BCUT2D eigenvalue weighted by Crippen LogP contribution is 2.21. The molecule has 1 aromatic heterocycles. The van der Waals surface area contributed by atoms with E-state index in [1.165, 1.54) is 30.2 Å². The van der Waals surface area contributed by atoms with Crippen LogP contribution in [0, 0.1) is 0 Å². The Kier molecular flexibility index (Phi) is 4.96. The van der Waals surface area contributed by atoms with Gasteiger partial charge in [-0.25, -0.2) is 4.98 Å². The maximum atomic E-state index is 4.73. The second-order valence-corrected chi connectivity index (χ2v) is 4.82. The van der Waals surface area contributed by atoms with Crippen molar-refractivity contribution in [1.29, 1.82) is 0 Å². The summed E-state index contributed by atoms with van der Waals surface area (Å²) < 4.78 is 0. The van der Waals surface area contributed by atoms with Crippen molar-refractivity contribution >= 4 is 16.7 Å². The molecule has 0 aliphatic carbocycles. The normalized spacial score (nSPS) is 10.6. The Morgan fingerprint density at radius 1 is 1.26 bits per heavy atom. The van der Waals surface area contributed by atoms with E-state index in [4.69, 9.17) is 4.98 Å². The van der Waals surface area contributed by atoms with Crippen LogP contribution in [0.3, 0.4) is 0 Å². The predicted octanol–water partition coefficient (Wildman–Crippen LogP) is 4.57. The SMILES string of the molecule is C=CCc1cc2ccccc2nc1NCCCCC. The van der Waals surface area contributed by atoms with Crippen LogP contribution < -0.4 is 5.32 Å². The molecule has 1 aromatic carbocycles. The molecule has 100 valence electrons. The zero-order valence-electron chi connectivity index (χ0n) is 11.7. The molecule has 0 amide bonds. The van der Waals surface area contributed by atoms with E-state index in [9.17, 15) is 0 Å². The molecular formula is C17H22N2. The first-order valence-corrected chi connectivity index (χ1v) is 7.08. The topological polar surface area (TPSA) is 24.9 Å². The van der Waals surface area contributed by atoms with E-state index >= 15 is 0 Å². The monoisotopic (exact) mass is 254 g/mol. The zero-order chi connectivity index (χ0) is 13.5. The van der Waals surface area contributed by atoms with Crippen LogP contribution in [0.1, 0.15) is 31.7 Å². The molecule has 2 nitrogen and oxygen atoms in total. The number of nitrogens with zero attached hydrogens (tertiary/aromatic N) is 1. The lowest BCUT2D eigenvalue weighted by Crippen LogP contribution is -2.06. The Labute approximate surface area is 115 Å². The van der Waals surface area contributed by atoms with Crippen LogP contribution in [0.2, 0.25) is 0 Å². The number of hydrogen-bond donors (Lipinski definition) is 1. The summed E-state index contributed by atoms with van der Waals surface area (Å²) in [4.78, 5) is 4.73. The number of allylic oxidation sites excluding steroid dienone is 1. The van der Waals surface area contributed by atoms with Gasteiger partial charge in [0.2, 0.25) is 0 Å². The third-order valence-electron chi connectivity index (χ3n) is 3.24. The second-order valence-electron chi connectivity index (χ2n) is 4.82. The summed E-state index contributed by atoms with van der Waals surface area (Å²) in [5.41, 5.74) is 2.28. The molecule has 0 unspecified atom stereocenters. The number of pyridine rings is 1. The second kappa shape index (κ2) is 6.93. The summed E-state index contributed by atoms with van der Waals surface area (Å²) in [6, 6.07) is 10.5. The highest BCUT2D eigenvalue weighted by Gasteiger charge is 2.05. The minimum Gasteiger partial charge on any atom is -0.370 e. The van der Waals surface area contributed by atoms with Crippen LogP contribution in [0.25, 0.3) is 10.9 Å². The van der Waals surface area contributed by atoms with E-state index in [-0.39, 0.29) is 0 Å². The van der Waals surface area contributed by atoms with Crippen molar-refractivity contribution in [3.05, 3.63) is 48.6 Å². The Balaban J connectivity index is 2.23. The minimum absolute atomic E-state index is 0.855. The molecule has 1 N–H and O–H groups in total. The lowest BCUT2D eigenvalue weighted by atomic mass is 10.1. The number of nitrogens with one attached hydrogen (secondary N) is 1. The van der Waals surface area contributed by atoms with E-state index in [2.05, 4.69) is 43.1 Å². The molecule has 0 aliphatic heterocycles. The van der Waals surface area contributed by atoms with E-state index in [0.29, 0.717) is 0 Å². The van der Waals surface area contributed by atoms with Crippen molar-refractivity contribution in [3.8, 4) is 0 Å². The highest BCUT2D eigenvalue weighted by atomic mass is 15.0. The summed E-state index contributed by atoms with van der Waals surface area (Å²) in [6.45, 7) is 7.04. The molecule has 0 spiro atoms. The summed E-state index contributed by atoms with van der Waals surface area (Å²) in [7, 11) is 0. The molecule has 19 heavy (non-hydrogen) atoms. The van der Waals surface area contributed by atoms with Gasteiger partial charge in [-0.15, -0.1) is 6.58 Å². The van der Waals surface area contributed by atoms with Gasteiger partial charge in [0.1, 0.15) is 5.82 Å². The molecule has 2 rings (SSSR count). The Morgan fingerprint density at radius 2 is 2.11 bits per heavy atom. The predicted molar refractivity (Wildman–Crippen MR) is 83.7 cm³/mol. The van der Waals surface area contributed by atoms with Gasteiger partial charge >= 0.3 is 0 Å². The molecule has 0 aliphatic rings. The smallest absolute Gasteiger partial charge is 0.130 e. The van der Waals surface area contributed by atoms with Crippen molar-refractivity contribution in [3.63, 3.8) is 0 Å². The Hall–Kier alpha value is -1.83. The van der Waals surface area contributed by atoms with Gasteiger partial charge in [0.15, 0.2) is 0 Å². The van der Waals surface area contributed by atoms with Gasteiger partial charge in [0, 0.05) is 11.9 Å². The quantitative estimate of drug-likeness (QED) is 0.578. The van der Waals surface area contributed by atoms with Crippen LogP contribution in [-0.2, 0) is 6.42 Å². The molecule has 0 radical (unpaired) electrons. The molecule has 2 aromatic rings. The number of aromatic nitrogens is 1. The number of rotatable bonds is 7. The van der Waals surface area contributed by atoms with Gasteiger partial charge in [-0.3, -0.25) is 0 Å². The lowest BCUT2D eigenvalue weighted by Gasteiger charge is -2.11. The number of para-hydroxylation sites is 1. The summed E-state index contributed by atoms with van der Waals surface area (Å²) in [5, 5.41) is 4.66. The molecule has 2 heteroatoms. The fourth-order valence-corrected chi connectivity index (χ4v) is 2.21. The van der Waals surface area contributed by atoms with Crippen molar-refractivity contribution in [2.45, 2.75) is 32.6 Å². The van der Waals surface area contributed by atoms with Crippen molar-refractivity contribution in [1.82, 2.24) is 4.98 Å². The maximum Gasteiger partial charge on any atom is 0.130 e. The third-order valence-corrected chi connectivity index (χ3v) is 3.24. The van der Waals surface area contributed by atoms with Gasteiger partial charge in [-0.2, -0.15) is 0 Å². The first kappa shape index (κ1) is 13.6. The van der Waals surface area contributed by atoms with Crippen molar-refractivity contribution in [2.75, 3.05) is 11.9 Å². The van der Waals surface area contributed by atoms with Gasteiger partial charge < -0.3 is 5.32 Å². The molecule has 0 fully saturated rings. The maximum absolute atomic E-state index is 4.73. The molecule has 0 bridgehead atoms. The molecule has 1 heterocycles. The van der Waals surface area contributed by atoms with E-state index in [1.54, 1.807) is 0 Å². The van der Waals surface area contributed by atoms with E-state index in [1.807, 2.05) is 12.1 Å². The summed E-state index contributed by atoms with van der Waals surface area (Å²) >= 11 is 0. The number of anilines is 1. The zero-order valence-corrected chi connectivity index (χ0v) is 11.7. The number of fused-ring (bicyclic) bond motifs is 1. The van der Waals surface area contributed by atoms with E-state index in [0.717, 1.165) is 24.3 Å². The summed E-state index contributed by atoms with van der Waals surface area (Å²) in [5.74, 6) is 1.01. The van der Waals surface area contributed by atoms with Gasteiger partial charge in [0.05, 0.1) is 5.52 Å². The highest BCUT2D eigenvalue weighted by molar-refractivity contribution is 5.81.